The molecule has 1 aromatic carbocycles. The minimum absolute atomic E-state index is 0.0121. The highest BCUT2D eigenvalue weighted by Gasteiger charge is 2.32. The number of hydrogen-bond donors (Lipinski definition) is 1. The molecule has 30 heavy (non-hydrogen) atoms. The van der Waals surface area contributed by atoms with E-state index in [0.717, 1.165) is 25.1 Å². The van der Waals surface area contributed by atoms with Gasteiger partial charge in [0.05, 0.1) is 0 Å². The van der Waals surface area contributed by atoms with E-state index in [0.29, 0.717) is 31.8 Å². The number of carbonyl (C=O) groups excluding carboxylic acids is 3. The predicted molar refractivity (Wildman–Crippen MR) is 117 cm³/mol. The van der Waals surface area contributed by atoms with Crippen molar-refractivity contribution < 1.29 is 14.4 Å². The van der Waals surface area contributed by atoms with E-state index in [2.05, 4.69) is 12.2 Å². The number of piperidine rings is 2. The fourth-order valence-electron chi connectivity index (χ4n) is 4.33. The lowest BCUT2D eigenvalue weighted by atomic mass is 9.92. The van der Waals surface area contributed by atoms with Gasteiger partial charge >= 0.3 is 0 Å². The normalized spacial score (nSPS) is 21.5. The highest BCUT2D eigenvalue weighted by molar-refractivity contribution is 5.95. The number of hydrogen-bond acceptors (Lipinski definition) is 3. The summed E-state index contributed by atoms with van der Waals surface area (Å²) in [5.41, 5.74) is 0.932. The molecule has 6 nitrogen and oxygen atoms in total. The van der Waals surface area contributed by atoms with E-state index in [4.69, 9.17) is 0 Å². The molecule has 0 aromatic heterocycles. The summed E-state index contributed by atoms with van der Waals surface area (Å²) in [6.45, 7) is 6.77. The summed E-state index contributed by atoms with van der Waals surface area (Å²) in [6.07, 6.45) is 6.85. The van der Waals surface area contributed by atoms with E-state index in [1.807, 2.05) is 35.2 Å². The van der Waals surface area contributed by atoms with Crippen LogP contribution in [0.15, 0.2) is 36.4 Å². The Kier molecular flexibility index (Phi) is 7.66. The van der Waals surface area contributed by atoms with Crippen LogP contribution in [-0.2, 0) is 14.4 Å². The smallest absolute Gasteiger partial charge is 0.244 e. The second-order valence-electron chi connectivity index (χ2n) is 8.61. The average Bonchev–Trinajstić information content (AvgIpc) is 2.77. The molecule has 0 bridgehead atoms. The van der Waals surface area contributed by atoms with Gasteiger partial charge in [-0.1, -0.05) is 37.3 Å². The number of nitrogens with zero attached hydrogens (tertiary/aromatic N) is 2. The van der Waals surface area contributed by atoms with Crippen molar-refractivity contribution >= 4 is 23.8 Å². The van der Waals surface area contributed by atoms with Crippen LogP contribution in [0.3, 0.4) is 0 Å². The van der Waals surface area contributed by atoms with E-state index < -0.39 is 6.04 Å². The van der Waals surface area contributed by atoms with Crippen LogP contribution in [0.1, 0.15) is 45.1 Å². The van der Waals surface area contributed by atoms with Crippen molar-refractivity contribution in [2.45, 2.75) is 45.6 Å². The van der Waals surface area contributed by atoms with Crippen LogP contribution in [0, 0.1) is 11.8 Å². The summed E-state index contributed by atoms with van der Waals surface area (Å²) < 4.78 is 0. The Labute approximate surface area is 179 Å². The largest absolute Gasteiger partial charge is 0.342 e. The molecule has 2 unspecified atom stereocenters. The van der Waals surface area contributed by atoms with E-state index in [9.17, 15) is 14.4 Å². The molecule has 1 aromatic rings. The van der Waals surface area contributed by atoms with Gasteiger partial charge in [-0.3, -0.25) is 14.4 Å². The van der Waals surface area contributed by atoms with Crippen LogP contribution >= 0.6 is 0 Å². The molecule has 2 saturated heterocycles. The molecule has 3 rings (SSSR count). The second kappa shape index (κ2) is 10.4. The topological polar surface area (TPSA) is 69.7 Å². The van der Waals surface area contributed by atoms with Gasteiger partial charge in [0.2, 0.25) is 17.7 Å². The van der Waals surface area contributed by atoms with Crippen molar-refractivity contribution in [3.8, 4) is 0 Å². The van der Waals surface area contributed by atoms with Crippen LogP contribution in [0.2, 0.25) is 0 Å². The van der Waals surface area contributed by atoms with E-state index in [-0.39, 0.29) is 23.6 Å². The summed E-state index contributed by atoms with van der Waals surface area (Å²) in [4.78, 5) is 41.4. The van der Waals surface area contributed by atoms with Gasteiger partial charge in [-0.15, -0.1) is 0 Å². The lowest BCUT2D eigenvalue weighted by Gasteiger charge is -2.37. The van der Waals surface area contributed by atoms with Crippen LogP contribution in [0.5, 0.6) is 0 Å². The summed E-state index contributed by atoms with van der Waals surface area (Å²) in [7, 11) is 0. The third-order valence-electron chi connectivity index (χ3n) is 6.08. The monoisotopic (exact) mass is 411 g/mol. The molecule has 0 saturated carbocycles. The first kappa shape index (κ1) is 22.1. The molecule has 2 aliphatic heterocycles. The van der Waals surface area contributed by atoms with Crippen molar-refractivity contribution in [3.05, 3.63) is 42.0 Å². The Hall–Kier alpha value is -2.63. The van der Waals surface area contributed by atoms with Gasteiger partial charge in [-0.05, 0) is 50.2 Å². The maximum absolute atomic E-state index is 12.8. The zero-order valence-corrected chi connectivity index (χ0v) is 18.0. The minimum Gasteiger partial charge on any atom is -0.342 e. The van der Waals surface area contributed by atoms with Crippen LogP contribution in [-0.4, -0.2) is 59.7 Å². The molecular formula is C24H33N3O3. The number of likely N-dealkylation sites (tertiary alicyclic amines) is 2. The first-order valence-electron chi connectivity index (χ1n) is 11.0. The van der Waals surface area contributed by atoms with Crippen molar-refractivity contribution in [3.63, 3.8) is 0 Å². The highest BCUT2D eigenvalue weighted by Crippen LogP contribution is 2.24. The molecule has 162 valence electrons. The Morgan fingerprint density at radius 3 is 2.40 bits per heavy atom. The van der Waals surface area contributed by atoms with Gasteiger partial charge in [-0.25, -0.2) is 0 Å². The maximum Gasteiger partial charge on any atom is 0.244 e. The van der Waals surface area contributed by atoms with Crippen LogP contribution in [0.4, 0.5) is 0 Å². The lowest BCUT2D eigenvalue weighted by Crippen LogP contribution is -2.51. The third-order valence-corrected chi connectivity index (χ3v) is 6.08. The molecule has 2 atom stereocenters. The SMILES string of the molecule is CC1CCCN(C(=O)C2CCN(C(=O)C(C)NC(=O)C=Cc3ccccc3)CC2)C1. The molecule has 6 heteroatoms. The Balaban J connectivity index is 1.44. The van der Waals surface area contributed by atoms with Crippen molar-refractivity contribution in [1.82, 2.24) is 15.1 Å². The fourth-order valence-corrected chi connectivity index (χ4v) is 4.33. The summed E-state index contributed by atoms with van der Waals surface area (Å²) in [5.74, 6) is 0.460. The highest BCUT2D eigenvalue weighted by atomic mass is 16.2. The van der Waals surface area contributed by atoms with Gasteiger partial charge < -0.3 is 15.1 Å². The summed E-state index contributed by atoms with van der Waals surface area (Å²) in [6, 6.07) is 8.96. The van der Waals surface area contributed by atoms with E-state index in [1.165, 1.54) is 12.5 Å². The van der Waals surface area contributed by atoms with Gasteiger partial charge in [0, 0.05) is 38.2 Å². The maximum atomic E-state index is 12.8. The molecule has 0 spiro atoms. The van der Waals surface area contributed by atoms with Crippen molar-refractivity contribution in [2.24, 2.45) is 11.8 Å². The number of amides is 3. The number of carbonyl (C=O) groups is 3. The third kappa shape index (κ3) is 5.94. The van der Waals surface area contributed by atoms with Crippen molar-refractivity contribution in [2.75, 3.05) is 26.2 Å². The van der Waals surface area contributed by atoms with E-state index >= 15 is 0 Å². The Morgan fingerprint density at radius 2 is 1.73 bits per heavy atom. The second-order valence-corrected chi connectivity index (χ2v) is 8.61. The van der Waals surface area contributed by atoms with Crippen LogP contribution in [0.25, 0.3) is 6.08 Å². The Morgan fingerprint density at radius 1 is 1.03 bits per heavy atom. The van der Waals surface area contributed by atoms with Crippen LogP contribution < -0.4 is 5.32 Å². The first-order valence-corrected chi connectivity index (χ1v) is 11.0. The molecule has 2 heterocycles. The van der Waals surface area contributed by atoms with Gasteiger partial charge in [0.1, 0.15) is 6.04 Å². The first-order chi connectivity index (χ1) is 14.4. The predicted octanol–water partition coefficient (Wildman–Crippen LogP) is 2.70. The minimum atomic E-state index is -0.590. The quantitative estimate of drug-likeness (QED) is 0.758. The zero-order chi connectivity index (χ0) is 21.5. The number of rotatable bonds is 5. The zero-order valence-electron chi connectivity index (χ0n) is 18.0. The van der Waals surface area contributed by atoms with Gasteiger partial charge in [-0.2, -0.15) is 0 Å². The average molecular weight is 412 g/mol. The molecular weight excluding hydrogens is 378 g/mol. The number of nitrogens with one attached hydrogen (secondary N) is 1. The molecule has 0 aliphatic carbocycles. The molecule has 2 fully saturated rings. The summed E-state index contributed by atoms with van der Waals surface area (Å²) >= 11 is 0. The van der Waals surface area contributed by atoms with Crippen molar-refractivity contribution in [1.29, 1.82) is 0 Å². The standard InChI is InChI=1S/C24H33N3O3/c1-18-7-6-14-27(17-18)24(30)21-12-15-26(16-13-21)23(29)19(2)25-22(28)11-10-20-8-4-3-5-9-20/h3-5,8-11,18-19,21H,6-7,12-17H2,1-2H3,(H,25,28). The van der Waals surface area contributed by atoms with Gasteiger partial charge in [0.15, 0.2) is 0 Å². The number of benzene rings is 1. The molecule has 3 amide bonds. The Bertz CT molecular complexity index is 769. The lowest BCUT2D eigenvalue weighted by molar-refractivity contribution is -0.142. The molecule has 0 radical (unpaired) electrons. The summed E-state index contributed by atoms with van der Waals surface area (Å²) in [5, 5.41) is 2.75. The molecule has 1 N–H and O–H groups in total. The van der Waals surface area contributed by atoms with E-state index in [1.54, 1.807) is 17.9 Å². The van der Waals surface area contributed by atoms with Gasteiger partial charge in [0.25, 0.3) is 0 Å². The fraction of sp³-hybridized carbons (Fsp3) is 0.542. The molecule has 2 aliphatic rings.